The third kappa shape index (κ3) is 3.00. The van der Waals surface area contributed by atoms with E-state index in [2.05, 4.69) is 17.2 Å². The summed E-state index contributed by atoms with van der Waals surface area (Å²) in [5.74, 6) is -1.29. The number of carboxylic acid groups (broad SMARTS) is 1. The molecule has 0 spiro atoms. The fourth-order valence-electron chi connectivity index (χ4n) is 2.92. The number of benzene rings is 3. The third-order valence-corrected chi connectivity index (χ3v) is 4.21. The zero-order valence-electron chi connectivity index (χ0n) is 13.9. The molecule has 0 saturated heterocycles. The lowest BCUT2D eigenvalue weighted by Crippen LogP contribution is -2.22. The second-order valence-electron chi connectivity index (χ2n) is 5.89. The van der Waals surface area contributed by atoms with Gasteiger partial charge in [-0.15, -0.1) is 0 Å². The van der Waals surface area contributed by atoms with Crippen molar-refractivity contribution in [2.24, 2.45) is 0 Å². The van der Waals surface area contributed by atoms with E-state index in [1.54, 1.807) is 10.7 Å². The van der Waals surface area contributed by atoms with Crippen LogP contribution in [-0.4, -0.2) is 15.7 Å². The average Bonchev–Trinajstić information content (AvgIpc) is 3.15. The first kappa shape index (κ1) is 15.8. The van der Waals surface area contributed by atoms with Gasteiger partial charge in [-0.05, 0) is 29.3 Å². The van der Waals surface area contributed by atoms with Crippen LogP contribution < -0.4 is 5.11 Å². The molecule has 0 atom stereocenters. The molecule has 0 radical (unpaired) electrons. The van der Waals surface area contributed by atoms with E-state index in [0.717, 1.165) is 22.4 Å². The molecule has 3 aromatic carbocycles. The quantitative estimate of drug-likeness (QED) is 0.571. The van der Waals surface area contributed by atoms with Gasteiger partial charge in [-0.25, -0.2) is 4.68 Å². The fourth-order valence-corrected chi connectivity index (χ4v) is 2.92. The molecule has 4 aromatic rings. The summed E-state index contributed by atoms with van der Waals surface area (Å²) < 4.78 is 1.63. The van der Waals surface area contributed by atoms with E-state index in [-0.39, 0.29) is 5.69 Å². The van der Waals surface area contributed by atoms with Crippen LogP contribution in [0.4, 0.5) is 0 Å². The van der Waals surface area contributed by atoms with Gasteiger partial charge in [0.1, 0.15) is 5.69 Å². The Hall–Kier alpha value is -3.66. The van der Waals surface area contributed by atoms with Crippen molar-refractivity contribution in [1.29, 1.82) is 0 Å². The van der Waals surface area contributed by atoms with Gasteiger partial charge in [-0.2, -0.15) is 5.10 Å². The Kier molecular flexibility index (Phi) is 4.07. The van der Waals surface area contributed by atoms with Crippen molar-refractivity contribution in [3.05, 3.63) is 96.7 Å². The smallest absolute Gasteiger partial charge is 0.109 e. The predicted molar refractivity (Wildman–Crippen MR) is 98.8 cm³/mol. The molecular weight excluding hydrogens is 324 g/mol. The van der Waals surface area contributed by atoms with Crippen molar-refractivity contribution >= 4 is 5.97 Å². The summed E-state index contributed by atoms with van der Waals surface area (Å²) in [7, 11) is 0. The summed E-state index contributed by atoms with van der Waals surface area (Å²) in [6, 6.07) is 29.1. The Bertz CT molecular complexity index is 1040. The van der Waals surface area contributed by atoms with E-state index in [1.807, 2.05) is 72.8 Å². The second-order valence-corrected chi connectivity index (χ2v) is 5.89. The van der Waals surface area contributed by atoms with Gasteiger partial charge < -0.3 is 9.90 Å². The van der Waals surface area contributed by atoms with Gasteiger partial charge >= 0.3 is 0 Å². The number of carbonyl (C=O) groups excluding carboxylic acids is 1. The molecule has 0 aliphatic rings. The lowest BCUT2D eigenvalue weighted by Gasteiger charge is -2.08. The summed E-state index contributed by atoms with van der Waals surface area (Å²) in [5.41, 5.74) is 4.52. The van der Waals surface area contributed by atoms with Gasteiger partial charge in [0.15, 0.2) is 0 Å². The zero-order chi connectivity index (χ0) is 17.9. The molecule has 0 aliphatic heterocycles. The van der Waals surface area contributed by atoms with Gasteiger partial charge in [0, 0.05) is 5.56 Å². The molecule has 0 amide bonds. The van der Waals surface area contributed by atoms with Crippen molar-refractivity contribution in [3.8, 4) is 28.1 Å². The maximum Gasteiger partial charge on any atom is 0.109 e. The van der Waals surface area contributed by atoms with Crippen LogP contribution >= 0.6 is 0 Å². The molecule has 0 saturated carbocycles. The van der Waals surface area contributed by atoms with Gasteiger partial charge in [0.25, 0.3) is 0 Å². The Morgan fingerprint density at radius 3 is 1.88 bits per heavy atom. The summed E-state index contributed by atoms with van der Waals surface area (Å²) in [5, 5.41) is 15.5. The monoisotopic (exact) mass is 339 g/mol. The molecule has 126 valence electrons. The Morgan fingerprint density at radius 1 is 0.731 bits per heavy atom. The van der Waals surface area contributed by atoms with Crippen LogP contribution in [0.1, 0.15) is 10.5 Å². The molecule has 0 fully saturated rings. The highest BCUT2D eigenvalue weighted by Gasteiger charge is 2.12. The number of rotatable bonds is 4. The summed E-state index contributed by atoms with van der Waals surface area (Å²) in [4.78, 5) is 11.3. The number of aromatic carboxylic acids is 1. The van der Waals surface area contributed by atoms with E-state index in [0.29, 0.717) is 5.69 Å². The van der Waals surface area contributed by atoms with Crippen LogP contribution in [0, 0.1) is 0 Å². The zero-order valence-corrected chi connectivity index (χ0v) is 13.9. The van der Waals surface area contributed by atoms with Crippen molar-refractivity contribution in [3.63, 3.8) is 0 Å². The van der Waals surface area contributed by atoms with E-state index >= 15 is 0 Å². The number of aromatic nitrogens is 2. The third-order valence-electron chi connectivity index (χ3n) is 4.21. The van der Waals surface area contributed by atoms with E-state index in [4.69, 9.17) is 0 Å². The molecule has 1 heterocycles. The molecule has 4 nitrogen and oxygen atoms in total. The highest BCUT2D eigenvalue weighted by atomic mass is 16.4. The number of hydrogen-bond donors (Lipinski definition) is 0. The average molecular weight is 339 g/mol. The molecule has 0 aliphatic carbocycles. The summed E-state index contributed by atoms with van der Waals surface area (Å²) >= 11 is 0. The maximum absolute atomic E-state index is 11.3. The first-order valence-electron chi connectivity index (χ1n) is 8.25. The minimum Gasteiger partial charge on any atom is -0.543 e. The number of carbonyl (C=O) groups is 1. The van der Waals surface area contributed by atoms with E-state index in [1.165, 1.54) is 0 Å². The van der Waals surface area contributed by atoms with Gasteiger partial charge in [-0.1, -0.05) is 72.8 Å². The van der Waals surface area contributed by atoms with Crippen LogP contribution in [0.5, 0.6) is 0 Å². The normalized spacial score (nSPS) is 10.6. The second kappa shape index (κ2) is 6.69. The first-order chi connectivity index (χ1) is 12.7. The predicted octanol–water partition coefficient (Wildman–Crippen LogP) is 3.57. The molecule has 4 rings (SSSR count). The topological polar surface area (TPSA) is 57.9 Å². The van der Waals surface area contributed by atoms with E-state index in [9.17, 15) is 9.90 Å². The number of carboxylic acids is 1. The van der Waals surface area contributed by atoms with Crippen molar-refractivity contribution in [2.45, 2.75) is 0 Å². The lowest BCUT2D eigenvalue weighted by atomic mass is 10.0. The Morgan fingerprint density at radius 2 is 1.27 bits per heavy atom. The van der Waals surface area contributed by atoms with Crippen molar-refractivity contribution < 1.29 is 9.90 Å². The van der Waals surface area contributed by atoms with Crippen LogP contribution in [-0.2, 0) is 0 Å². The van der Waals surface area contributed by atoms with Crippen molar-refractivity contribution in [1.82, 2.24) is 9.78 Å². The largest absolute Gasteiger partial charge is 0.543 e. The highest BCUT2D eigenvalue weighted by Crippen LogP contribution is 2.27. The minimum atomic E-state index is -1.29. The van der Waals surface area contributed by atoms with Crippen LogP contribution in [0.3, 0.4) is 0 Å². The van der Waals surface area contributed by atoms with Gasteiger partial charge in [0.05, 0.1) is 17.4 Å². The Balaban J connectivity index is 1.79. The molecule has 0 N–H and O–H groups in total. The van der Waals surface area contributed by atoms with Crippen LogP contribution in [0.25, 0.3) is 28.1 Å². The fraction of sp³-hybridized carbons (Fsp3) is 0. The van der Waals surface area contributed by atoms with Gasteiger partial charge in [0.2, 0.25) is 0 Å². The number of para-hydroxylation sites is 1. The maximum atomic E-state index is 11.3. The van der Waals surface area contributed by atoms with Crippen LogP contribution in [0.2, 0.25) is 0 Å². The SMILES string of the molecule is O=C([O-])c1cc(-c2ccc(-c3ccccc3)cc2)n(-c2ccccc2)n1. The highest BCUT2D eigenvalue weighted by molar-refractivity contribution is 5.85. The molecule has 1 aromatic heterocycles. The molecule has 4 heteroatoms. The standard InChI is InChI=1S/C22H16N2O2/c25-22(26)20-15-21(24(23-20)19-9-5-2-6-10-19)18-13-11-17(12-14-18)16-7-3-1-4-8-16/h1-15H,(H,25,26)/p-1. The summed E-state index contributed by atoms with van der Waals surface area (Å²) in [6.07, 6.45) is 0. The number of hydrogen-bond acceptors (Lipinski definition) is 3. The van der Waals surface area contributed by atoms with Crippen LogP contribution in [0.15, 0.2) is 91.0 Å². The van der Waals surface area contributed by atoms with Gasteiger partial charge in [-0.3, -0.25) is 0 Å². The summed E-state index contributed by atoms with van der Waals surface area (Å²) in [6.45, 7) is 0. The van der Waals surface area contributed by atoms with Crippen molar-refractivity contribution in [2.75, 3.05) is 0 Å². The Labute approximate surface area is 151 Å². The molecular formula is C22H15N2O2-. The molecule has 0 bridgehead atoms. The molecule has 0 unspecified atom stereocenters. The molecule has 26 heavy (non-hydrogen) atoms. The first-order valence-corrected chi connectivity index (χ1v) is 8.25. The number of nitrogens with zero attached hydrogens (tertiary/aromatic N) is 2. The lowest BCUT2D eigenvalue weighted by molar-refractivity contribution is -0.255. The minimum absolute atomic E-state index is 0.0870. The van der Waals surface area contributed by atoms with E-state index < -0.39 is 5.97 Å².